The predicted molar refractivity (Wildman–Crippen MR) is 111 cm³/mol. The minimum absolute atomic E-state index is 0.0199. The molecule has 0 bridgehead atoms. The summed E-state index contributed by atoms with van der Waals surface area (Å²) in [7, 11) is -1.47. The molecule has 3 heterocycles. The average molecular weight is 431 g/mol. The number of aromatic nitrogens is 3. The number of imidazole rings is 1. The molecule has 3 aromatic rings. The molecule has 1 atom stereocenters. The molecule has 160 valence electrons. The van der Waals surface area contributed by atoms with E-state index in [4.69, 9.17) is 9.26 Å². The first kappa shape index (κ1) is 20.8. The van der Waals surface area contributed by atoms with Crippen LogP contribution in [0.4, 0.5) is 0 Å². The SMILES string of the molecule is CN(Cc1cc(-c2ccccc2)no1)Cc1cnc(S(C)(=O)=O)n1C[C@@H]1CCCO1. The van der Waals surface area contributed by atoms with Crippen molar-refractivity contribution in [1.82, 2.24) is 19.6 Å². The van der Waals surface area contributed by atoms with Crippen molar-refractivity contribution in [3.05, 3.63) is 54.0 Å². The van der Waals surface area contributed by atoms with Crippen molar-refractivity contribution in [2.24, 2.45) is 0 Å². The van der Waals surface area contributed by atoms with Gasteiger partial charge in [0.05, 0.1) is 31.1 Å². The van der Waals surface area contributed by atoms with Crippen LogP contribution < -0.4 is 0 Å². The van der Waals surface area contributed by atoms with Gasteiger partial charge in [0.1, 0.15) is 5.69 Å². The second kappa shape index (κ2) is 8.71. The van der Waals surface area contributed by atoms with Gasteiger partial charge in [-0.05, 0) is 19.9 Å². The Morgan fingerprint density at radius 3 is 2.73 bits per heavy atom. The number of ether oxygens (including phenoxy) is 1. The van der Waals surface area contributed by atoms with Crippen LogP contribution in [0.15, 0.2) is 52.3 Å². The molecule has 1 fully saturated rings. The molecule has 4 rings (SSSR count). The van der Waals surface area contributed by atoms with E-state index in [2.05, 4.69) is 10.1 Å². The van der Waals surface area contributed by atoms with Gasteiger partial charge < -0.3 is 13.8 Å². The quantitative estimate of drug-likeness (QED) is 0.543. The lowest BCUT2D eigenvalue weighted by Crippen LogP contribution is -2.24. The maximum absolute atomic E-state index is 12.2. The van der Waals surface area contributed by atoms with Crippen LogP contribution in [0.5, 0.6) is 0 Å². The molecule has 9 heteroatoms. The van der Waals surface area contributed by atoms with E-state index >= 15 is 0 Å². The number of hydrogen-bond acceptors (Lipinski definition) is 7. The van der Waals surface area contributed by atoms with Crippen LogP contribution in [0, 0.1) is 0 Å². The maximum Gasteiger partial charge on any atom is 0.227 e. The lowest BCUT2D eigenvalue weighted by atomic mass is 10.1. The highest BCUT2D eigenvalue weighted by atomic mass is 32.2. The summed E-state index contributed by atoms with van der Waals surface area (Å²) in [6.45, 7) is 2.28. The largest absolute Gasteiger partial charge is 0.376 e. The van der Waals surface area contributed by atoms with Gasteiger partial charge in [0.25, 0.3) is 0 Å². The molecule has 0 unspecified atom stereocenters. The van der Waals surface area contributed by atoms with Crippen molar-refractivity contribution >= 4 is 9.84 Å². The number of benzene rings is 1. The molecule has 1 aliphatic rings. The zero-order valence-electron chi connectivity index (χ0n) is 17.2. The van der Waals surface area contributed by atoms with Gasteiger partial charge in [-0.15, -0.1) is 0 Å². The highest BCUT2D eigenvalue weighted by Gasteiger charge is 2.24. The van der Waals surface area contributed by atoms with E-state index in [1.54, 1.807) is 10.8 Å². The fraction of sp³-hybridized carbons (Fsp3) is 0.429. The summed E-state index contributed by atoms with van der Waals surface area (Å²) in [6, 6.07) is 11.8. The van der Waals surface area contributed by atoms with Crippen LogP contribution in [0.3, 0.4) is 0 Å². The molecule has 0 amide bonds. The molecule has 30 heavy (non-hydrogen) atoms. The van der Waals surface area contributed by atoms with E-state index in [0.29, 0.717) is 19.6 Å². The van der Waals surface area contributed by atoms with E-state index in [1.807, 2.05) is 48.3 Å². The van der Waals surface area contributed by atoms with E-state index in [0.717, 1.165) is 42.2 Å². The maximum atomic E-state index is 12.2. The topological polar surface area (TPSA) is 90.5 Å². The summed E-state index contributed by atoms with van der Waals surface area (Å²) in [5.74, 6) is 0.741. The minimum atomic E-state index is -3.43. The third-order valence-corrected chi connectivity index (χ3v) is 6.12. The molecule has 8 nitrogen and oxygen atoms in total. The van der Waals surface area contributed by atoms with Crippen molar-refractivity contribution in [2.75, 3.05) is 19.9 Å². The van der Waals surface area contributed by atoms with Crippen LogP contribution in [0.1, 0.15) is 24.3 Å². The number of nitrogens with zero attached hydrogens (tertiary/aromatic N) is 4. The third-order valence-electron chi connectivity index (χ3n) is 5.13. The molecule has 0 radical (unpaired) electrons. The molecule has 0 saturated carbocycles. The molecule has 0 aliphatic carbocycles. The summed E-state index contributed by atoms with van der Waals surface area (Å²) in [4.78, 5) is 6.24. The van der Waals surface area contributed by atoms with Gasteiger partial charge in [-0.2, -0.15) is 0 Å². The lowest BCUT2D eigenvalue weighted by molar-refractivity contribution is 0.0933. The second-order valence-corrected chi connectivity index (χ2v) is 9.68. The molecule has 1 aliphatic heterocycles. The minimum Gasteiger partial charge on any atom is -0.376 e. The Hall–Kier alpha value is -2.49. The fourth-order valence-electron chi connectivity index (χ4n) is 3.73. The highest BCUT2D eigenvalue weighted by molar-refractivity contribution is 7.90. The summed E-state index contributed by atoms with van der Waals surface area (Å²) >= 11 is 0. The number of sulfone groups is 1. The Labute approximate surface area is 176 Å². The first-order chi connectivity index (χ1) is 14.4. The molecular weight excluding hydrogens is 404 g/mol. The zero-order chi connectivity index (χ0) is 21.1. The standard InChI is InChI=1S/C21H26N4O4S/c1-24(14-19-11-20(23-29-19)16-7-4-3-5-8-16)13-17-12-22-21(30(2,26)27)25(17)15-18-9-6-10-28-18/h3-5,7-8,11-12,18H,6,9-10,13-15H2,1-2H3/t18-/m0/s1. The summed E-state index contributed by atoms with van der Waals surface area (Å²) < 4.78 is 37.4. The average Bonchev–Trinajstić information content (AvgIpc) is 3.45. The Morgan fingerprint density at radius 1 is 1.23 bits per heavy atom. The van der Waals surface area contributed by atoms with E-state index in [1.165, 1.54) is 6.26 Å². The van der Waals surface area contributed by atoms with Crippen molar-refractivity contribution in [3.8, 4) is 11.3 Å². The van der Waals surface area contributed by atoms with E-state index in [9.17, 15) is 8.42 Å². The van der Waals surface area contributed by atoms with Crippen LogP contribution in [-0.2, 0) is 34.2 Å². The first-order valence-corrected chi connectivity index (χ1v) is 11.8. The van der Waals surface area contributed by atoms with Crippen LogP contribution >= 0.6 is 0 Å². The molecular formula is C21H26N4O4S. The Kier molecular flexibility index (Phi) is 6.03. The number of rotatable bonds is 8. The smallest absolute Gasteiger partial charge is 0.227 e. The Bertz CT molecular complexity index is 1090. The first-order valence-electron chi connectivity index (χ1n) is 9.96. The van der Waals surface area contributed by atoms with Crippen molar-refractivity contribution in [3.63, 3.8) is 0 Å². The second-order valence-electron chi connectivity index (χ2n) is 7.77. The summed E-state index contributed by atoms with van der Waals surface area (Å²) in [5, 5.41) is 4.24. The van der Waals surface area contributed by atoms with Crippen LogP contribution in [0.2, 0.25) is 0 Å². The van der Waals surface area contributed by atoms with E-state index in [-0.39, 0.29) is 11.3 Å². The van der Waals surface area contributed by atoms with Gasteiger partial charge in [0.15, 0.2) is 5.76 Å². The molecule has 0 spiro atoms. The normalized spacial score (nSPS) is 17.1. The van der Waals surface area contributed by atoms with Gasteiger partial charge in [-0.25, -0.2) is 13.4 Å². The van der Waals surface area contributed by atoms with Crippen LogP contribution in [-0.4, -0.2) is 54.0 Å². The fourth-order valence-corrected chi connectivity index (χ4v) is 4.57. The molecule has 1 saturated heterocycles. The van der Waals surface area contributed by atoms with Gasteiger partial charge in [-0.1, -0.05) is 35.5 Å². The highest BCUT2D eigenvalue weighted by Crippen LogP contribution is 2.22. The Balaban J connectivity index is 1.48. The molecule has 1 aromatic carbocycles. The monoisotopic (exact) mass is 430 g/mol. The Morgan fingerprint density at radius 2 is 2.03 bits per heavy atom. The van der Waals surface area contributed by atoms with Gasteiger partial charge in [0, 0.05) is 31.0 Å². The summed E-state index contributed by atoms with van der Waals surface area (Å²) in [6.07, 6.45) is 4.77. The molecule has 2 aromatic heterocycles. The molecule has 0 N–H and O–H groups in total. The lowest BCUT2D eigenvalue weighted by Gasteiger charge is -2.19. The van der Waals surface area contributed by atoms with Crippen molar-refractivity contribution < 1.29 is 17.7 Å². The van der Waals surface area contributed by atoms with Gasteiger partial charge >= 0.3 is 0 Å². The van der Waals surface area contributed by atoms with Crippen LogP contribution in [0.25, 0.3) is 11.3 Å². The van der Waals surface area contributed by atoms with Gasteiger partial charge in [-0.3, -0.25) is 4.90 Å². The van der Waals surface area contributed by atoms with Gasteiger partial charge in [0.2, 0.25) is 15.0 Å². The van der Waals surface area contributed by atoms with Crippen molar-refractivity contribution in [2.45, 2.75) is 43.7 Å². The third kappa shape index (κ3) is 4.80. The van der Waals surface area contributed by atoms with E-state index < -0.39 is 9.84 Å². The number of hydrogen-bond donors (Lipinski definition) is 0. The zero-order valence-corrected chi connectivity index (χ0v) is 18.0. The predicted octanol–water partition coefficient (Wildman–Crippen LogP) is 2.75. The van der Waals surface area contributed by atoms with Crippen molar-refractivity contribution in [1.29, 1.82) is 0 Å². The summed E-state index contributed by atoms with van der Waals surface area (Å²) in [5.41, 5.74) is 2.63.